The molecule has 1 aliphatic heterocycles. The third-order valence-electron chi connectivity index (χ3n) is 6.71. The fourth-order valence-corrected chi connectivity index (χ4v) is 5.63. The molecule has 0 unspecified atom stereocenters. The largest absolute Gasteiger partial charge is 0.503 e. The zero-order valence-electron chi connectivity index (χ0n) is 22.6. The number of aromatic hydroxyl groups is 1. The third-order valence-corrected chi connectivity index (χ3v) is 8.33. The van der Waals surface area contributed by atoms with Gasteiger partial charge in [0, 0.05) is 30.8 Å². The monoisotopic (exact) mass is 668 g/mol. The van der Waals surface area contributed by atoms with Crippen LogP contribution in [0.3, 0.4) is 0 Å². The first-order valence-corrected chi connectivity index (χ1v) is 14.9. The predicted molar refractivity (Wildman–Crippen MR) is 150 cm³/mol. The number of anilines is 1. The van der Waals surface area contributed by atoms with Crippen molar-refractivity contribution in [1.29, 1.82) is 5.26 Å². The molecule has 0 bridgehead atoms. The first-order chi connectivity index (χ1) is 21.2. The summed E-state index contributed by atoms with van der Waals surface area (Å²) in [7, 11) is -5.14. The van der Waals surface area contributed by atoms with Crippen LogP contribution in [0.15, 0.2) is 32.6 Å². The number of pyridine rings is 1. The Morgan fingerprint density at radius 2 is 2.02 bits per heavy atom. The highest BCUT2D eigenvalue weighted by atomic mass is 32.2. The molecule has 2 atom stereocenters. The van der Waals surface area contributed by atoms with E-state index in [0.29, 0.717) is 11.2 Å². The molecule has 2 fully saturated rings. The molecule has 2 amide bonds. The van der Waals surface area contributed by atoms with E-state index >= 15 is 0 Å². The number of nitrogens with zero attached hydrogens (tertiary/aromatic N) is 6. The Balaban J connectivity index is 1.52. The summed E-state index contributed by atoms with van der Waals surface area (Å²) in [6, 6.07) is -2.25. The minimum absolute atomic E-state index is 0.0174. The van der Waals surface area contributed by atoms with Crippen LogP contribution in [0, 0.1) is 11.5 Å². The van der Waals surface area contributed by atoms with Gasteiger partial charge in [0.25, 0.3) is 11.8 Å². The number of thiazole rings is 1. The molecule has 45 heavy (non-hydrogen) atoms. The van der Waals surface area contributed by atoms with Crippen LogP contribution in [0.2, 0.25) is 0 Å². The molecule has 1 aliphatic carbocycles. The number of hydrogen-bond donors (Lipinski definition) is 8. The minimum Gasteiger partial charge on any atom is -0.503 e. The van der Waals surface area contributed by atoms with Crippen LogP contribution < -0.4 is 27.1 Å². The van der Waals surface area contributed by atoms with Gasteiger partial charge in [0.1, 0.15) is 11.7 Å². The summed E-state index contributed by atoms with van der Waals surface area (Å²) >= 11 is 0.917. The van der Waals surface area contributed by atoms with Gasteiger partial charge < -0.3 is 41.9 Å². The van der Waals surface area contributed by atoms with Gasteiger partial charge in [-0.25, -0.2) is 14.1 Å². The van der Waals surface area contributed by atoms with Gasteiger partial charge in [-0.05, 0) is 6.42 Å². The first-order valence-electron chi connectivity index (χ1n) is 12.6. The molecule has 0 spiro atoms. The number of aliphatic imine (C=N–C) groups is 1. The molecule has 1 saturated heterocycles. The van der Waals surface area contributed by atoms with E-state index in [2.05, 4.69) is 31.1 Å². The SMILES string of the molecule is N#CN=C(NCc1cc(=O)c(O)cn1O)NC[C@@H]1[C@H](NC(=O)C(=NOC2(C(=O)O)CCC2)c2csc(N)n2)C(=O)N1S(=O)(=O)O. The number of rotatable bonds is 11. The van der Waals surface area contributed by atoms with Crippen LogP contribution in [0.4, 0.5) is 5.13 Å². The summed E-state index contributed by atoms with van der Waals surface area (Å²) in [6.45, 7) is -0.903. The van der Waals surface area contributed by atoms with Gasteiger partial charge in [-0.2, -0.15) is 18.4 Å². The molecule has 21 nitrogen and oxygen atoms in total. The second kappa shape index (κ2) is 12.6. The van der Waals surface area contributed by atoms with Crippen LogP contribution in [-0.4, -0.2) is 96.1 Å². The normalized spacial score (nSPS) is 19.5. The van der Waals surface area contributed by atoms with Crippen molar-refractivity contribution in [2.75, 3.05) is 12.3 Å². The zero-order chi connectivity index (χ0) is 33.1. The Morgan fingerprint density at radius 1 is 1.31 bits per heavy atom. The molecule has 0 radical (unpaired) electrons. The zero-order valence-corrected chi connectivity index (χ0v) is 24.3. The topological polar surface area (TPSA) is 324 Å². The number of oxime groups is 1. The number of nitrogens with two attached hydrogens (primary N) is 1. The van der Waals surface area contributed by atoms with Gasteiger partial charge in [0.2, 0.25) is 23.2 Å². The second-order valence-electron chi connectivity index (χ2n) is 9.54. The number of aliphatic carboxylic acids is 1. The Kier molecular flexibility index (Phi) is 9.11. The number of carboxylic acids is 1. The first kappa shape index (κ1) is 32.4. The maximum atomic E-state index is 13.3. The number of carbonyl (C=O) groups is 3. The van der Waals surface area contributed by atoms with E-state index < -0.39 is 69.2 Å². The summed E-state index contributed by atoms with van der Waals surface area (Å²) in [5.74, 6) is -4.77. The van der Waals surface area contributed by atoms with Crippen molar-refractivity contribution in [3.05, 3.63) is 39.3 Å². The molecular formula is C22H24N10O11S2. The molecule has 1 saturated carbocycles. The van der Waals surface area contributed by atoms with Crippen LogP contribution in [0.5, 0.6) is 5.75 Å². The predicted octanol–water partition coefficient (Wildman–Crippen LogP) is -2.73. The van der Waals surface area contributed by atoms with E-state index in [0.717, 1.165) is 23.6 Å². The van der Waals surface area contributed by atoms with Crippen molar-refractivity contribution < 1.29 is 47.6 Å². The van der Waals surface area contributed by atoms with Gasteiger partial charge in [-0.3, -0.25) is 18.9 Å². The van der Waals surface area contributed by atoms with Gasteiger partial charge in [0.05, 0.1) is 24.5 Å². The number of hydrogen-bond acceptors (Lipinski definition) is 15. The number of carbonyl (C=O) groups excluding carboxylic acids is 2. The van der Waals surface area contributed by atoms with Gasteiger partial charge in [0.15, 0.2) is 16.6 Å². The molecule has 0 aromatic carbocycles. The molecule has 9 N–H and O–H groups in total. The van der Waals surface area contributed by atoms with Crippen molar-refractivity contribution in [1.82, 2.24) is 30.0 Å². The number of amides is 2. The third kappa shape index (κ3) is 6.87. The molecule has 2 aliphatic rings. The maximum Gasteiger partial charge on any atom is 0.362 e. The van der Waals surface area contributed by atoms with Crippen molar-refractivity contribution in [2.45, 2.75) is 43.5 Å². The van der Waals surface area contributed by atoms with E-state index in [4.69, 9.17) is 15.8 Å². The Hall–Kier alpha value is -5.47. The molecule has 3 heterocycles. The number of nitrogen functional groups attached to an aromatic ring is 1. The standard InChI is InChI=1S/C22H24N10O11S2/c23-9-27-21(25-5-10-4-13(33)14(34)7-31(10)39)26-6-12-16(18(36)32(12)45(40,41)42)29-17(35)15(11-8-44-20(24)28-11)30-43-22(19(37)38)2-1-3-22/h4,7-8,12,16,34,39H,1-3,5-6H2,(H2,24,28)(H,29,35)(H,37,38)(H2,25,26,27)(H,40,41,42)/t12-,16+/m1/s1. The van der Waals surface area contributed by atoms with Crippen molar-refractivity contribution in [3.63, 3.8) is 0 Å². The molecular weight excluding hydrogens is 644 g/mol. The van der Waals surface area contributed by atoms with Gasteiger partial charge in [-0.1, -0.05) is 5.16 Å². The molecule has 240 valence electrons. The Labute approximate surface area is 256 Å². The lowest BCUT2D eigenvalue weighted by Crippen LogP contribution is -2.74. The average molecular weight is 669 g/mol. The van der Waals surface area contributed by atoms with E-state index in [9.17, 15) is 47.6 Å². The highest BCUT2D eigenvalue weighted by Crippen LogP contribution is 2.36. The van der Waals surface area contributed by atoms with Crippen LogP contribution in [0.25, 0.3) is 0 Å². The average Bonchev–Trinajstić information content (AvgIpc) is 3.36. The lowest BCUT2D eigenvalue weighted by molar-refractivity contribution is -0.178. The lowest BCUT2D eigenvalue weighted by atomic mass is 9.80. The van der Waals surface area contributed by atoms with Crippen molar-refractivity contribution in [3.8, 4) is 11.9 Å². The quantitative estimate of drug-likeness (QED) is 0.0229. The van der Waals surface area contributed by atoms with Gasteiger partial charge in [-0.15, -0.1) is 16.3 Å². The summed E-state index contributed by atoms with van der Waals surface area (Å²) in [6.07, 6.45) is 2.94. The molecule has 2 aromatic rings. The number of nitrogens with one attached hydrogen (secondary N) is 3. The molecule has 4 rings (SSSR count). The summed E-state index contributed by atoms with van der Waals surface area (Å²) in [4.78, 5) is 62.0. The number of carboxylic acid groups (broad SMARTS) is 1. The van der Waals surface area contributed by atoms with E-state index in [1.807, 2.05) is 0 Å². The van der Waals surface area contributed by atoms with Crippen molar-refractivity contribution >= 4 is 56.2 Å². The van der Waals surface area contributed by atoms with Crippen molar-refractivity contribution in [2.24, 2.45) is 10.1 Å². The fraction of sp³-hybridized carbons (Fsp3) is 0.364. The lowest BCUT2D eigenvalue weighted by Gasteiger charge is -2.44. The fourth-order valence-electron chi connectivity index (χ4n) is 4.20. The molecule has 23 heteroatoms. The number of nitriles is 1. The molecule has 2 aromatic heterocycles. The van der Waals surface area contributed by atoms with Crippen LogP contribution >= 0.6 is 11.3 Å². The minimum atomic E-state index is -5.14. The van der Waals surface area contributed by atoms with E-state index in [-0.39, 0.29) is 46.2 Å². The Bertz CT molecular complexity index is 1790. The summed E-state index contributed by atoms with van der Waals surface area (Å²) in [5.41, 5.74) is 2.36. The Morgan fingerprint density at radius 3 is 2.58 bits per heavy atom. The van der Waals surface area contributed by atoms with E-state index in [1.54, 1.807) is 0 Å². The van der Waals surface area contributed by atoms with Crippen LogP contribution in [-0.2, 0) is 36.1 Å². The van der Waals surface area contributed by atoms with Gasteiger partial charge >= 0.3 is 16.3 Å². The van der Waals surface area contributed by atoms with Crippen LogP contribution in [0.1, 0.15) is 30.7 Å². The number of β-lactam (4-membered cyclic amide) rings is 1. The van der Waals surface area contributed by atoms with E-state index in [1.165, 1.54) is 11.6 Å². The highest BCUT2D eigenvalue weighted by Gasteiger charge is 2.54. The summed E-state index contributed by atoms with van der Waals surface area (Å²) < 4.78 is 34.0. The smallest absolute Gasteiger partial charge is 0.362 e. The number of aromatic nitrogens is 2. The second-order valence-corrected chi connectivity index (χ2v) is 11.7. The number of guanidine groups is 1. The summed E-state index contributed by atoms with van der Waals surface area (Å²) in [5, 5.41) is 50.2. The maximum absolute atomic E-state index is 13.3. The highest BCUT2D eigenvalue weighted by molar-refractivity contribution is 7.84.